The summed E-state index contributed by atoms with van der Waals surface area (Å²) in [4.78, 5) is 8.60. The fourth-order valence-corrected chi connectivity index (χ4v) is 1.02. The maximum atomic E-state index is 12.7. The van der Waals surface area contributed by atoms with E-state index in [1.807, 2.05) is 0 Å². The Morgan fingerprint density at radius 1 is 1.55 bits per heavy atom. The Bertz CT molecular complexity index is 308. The van der Waals surface area contributed by atoms with Crippen molar-refractivity contribution in [3.05, 3.63) is 29.6 Å². The van der Waals surface area contributed by atoms with Crippen LogP contribution in [0.25, 0.3) is 0 Å². The van der Waals surface area contributed by atoms with Gasteiger partial charge in [-0.3, -0.25) is 0 Å². The lowest BCUT2D eigenvalue weighted by Crippen LogP contribution is -1.96. The molecule has 56 valence electrons. The third kappa shape index (κ3) is 1.74. The third-order valence-corrected chi connectivity index (χ3v) is 1.79. The first-order chi connectivity index (χ1) is 5.27. The smallest absolute Gasteiger partial charge is 0.141 e. The van der Waals surface area contributed by atoms with E-state index in [0.29, 0.717) is 5.30 Å². The van der Waals surface area contributed by atoms with Gasteiger partial charge < -0.3 is 4.89 Å². The monoisotopic (exact) mass is 169 g/mol. The molecule has 0 aliphatic heterocycles. The van der Waals surface area contributed by atoms with Crippen molar-refractivity contribution in [1.29, 1.82) is 5.26 Å². The van der Waals surface area contributed by atoms with Gasteiger partial charge in [0.1, 0.15) is 11.9 Å². The van der Waals surface area contributed by atoms with Gasteiger partial charge in [0.2, 0.25) is 0 Å². The zero-order chi connectivity index (χ0) is 8.27. The van der Waals surface area contributed by atoms with E-state index in [2.05, 4.69) is 0 Å². The molecule has 4 heteroatoms. The SMILES string of the molecule is N#Cc1ccc(PO)cc1F. The molecule has 1 atom stereocenters. The topological polar surface area (TPSA) is 44.0 Å². The molecule has 1 rings (SSSR count). The maximum Gasteiger partial charge on any atom is 0.141 e. The molecule has 0 radical (unpaired) electrons. The molecule has 0 aliphatic rings. The second-order valence-electron chi connectivity index (χ2n) is 1.92. The summed E-state index contributed by atoms with van der Waals surface area (Å²) in [6, 6.07) is 5.74. The lowest BCUT2D eigenvalue weighted by atomic mass is 10.2. The molecule has 0 aliphatic carbocycles. The van der Waals surface area contributed by atoms with Crippen molar-refractivity contribution in [3.63, 3.8) is 0 Å². The number of hydrogen-bond donors (Lipinski definition) is 1. The van der Waals surface area contributed by atoms with Crippen LogP contribution in [0.15, 0.2) is 18.2 Å². The molecule has 1 unspecified atom stereocenters. The number of nitriles is 1. The van der Waals surface area contributed by atoms with Crippen LogP contribution in [-0.2, 0) is 0 Å². The average Bonchev–Trinajstić information content (AvgIpc) is 2.04. The van der Waals surface area contributed by atoms with E-state index < -0.39 is 14.6 Å². The van der Waals surface area contributed by atoms with Crippen molar-refractivity contribution < 1.29 is 9.28 Å². The van der Waals surface area contributed by atoms with Gasteiger partial charge in [0.05, 0.1) is 5.56 Å². The Hall–Kier alpha value is -0.970. The molecule has 2 nitrogen and oxygen atoms in total. The summed E-state index contributed by atoms with van der Waals surface area (Å²) < 4.78 is 12.7. The normalized spacial score (nSPS) is 10.3. The van der Waals surface area contributed by atoms with Crippen LogP contribution in [0.5, 0.6) is 0 Å². The van der Waals surface area contributed by atoms with Crippen LogP contribution in [-0.4, -0.2) is 4.89 Å². The number of nitrogens with zero attached hydrogens (tertiary/aromatic N) is 1. The fraction of sp³-hybridized carbons (Fsp3) is 0. The van der Waals surface area contributed by atoms with Gasteiger partial charge in [-0.25, -0.2) is 4.39 Å². The van der Waals surface area contributed by atoms with E-state index >= 15 is 0 Å². The van der Waals surface area contributed by atoms with Crippen LogP contribution in [0.1, 0.15) is 5.56 Å². The Labute approximate surface area is 65.2 Å². The van der Waals surface area contributed by atoms with Gasteiger partial charge in [0.15, 0.2) is 0 Å². The lowest BCUT2D eigenvalue weighted by Gasteiger charge is -1.95. The summed E-state index contributed by atoms with van der Waals surface area (Å²) in [7, 11) is -0.425. The lowest BCUT2D eigenvalue weighted by molar-refractivity contribution is 0.623. The van der Waals surface area contributed by atoms with Crippen molar-refractivity contribution in [1.82, 2.24) is 0 Å². The first kappa shape index (κ1) is 8.13. The highest BCUT2D eigenvalue weighted by Crippen LogP contribution is 2.08. The highest BCUT2D eigenvalue weighted by molar-refractivity contribution is 7.40. The molecule has 0 aromatic heterocycles. The van der Waals surface area contributed by atoms with E-state index in [9.17, 15) is 4.39 Å². The number of hydrogen-bond acceptors (Lipinski definition) is 2. The third-order valence-electron chi connectivity index (χ3n) is 1.22. The molecule has 0 spiro atoms. The van der Waals surface area contributed by atoms with Crippen molar-refractivity contribution in [3.8, 4) is 6.07 Å². The Kier molecular flexibility index (Phi) is 2.53. The van der Waals surface area contributed by atoms with Gasteiger partial charge in [-0.2, -0.15) is 5.26 Å². The summed E-state index contributed by atoms with van der Waals surface area (Å²) in [5.74, 6) is -0.577. The van der Waals surface area contributed by atoms with Crippen molar-refractivity contribution in [2.75, 3.05) is 0 Å². The quantitative estimate of drug-likeness (QED) is 0.635. The van der Waals surface area contributed by atoms with Crippen LogP contribution < -0.4 is 5.30 Å². The van der Waals surface area contributed by atoms with Gasteiger partial charge in [0, 0.05) is 14.1 Å². The molecular weight excluding hydrogens is 164 g/mol. The van der Waals surface area contributed by atoms with Crippen molar-refractivity contribution >= 4 is 14.1 Å². The minimum Gasteiger partial charge on any atom is -0.372 e. The predicted molar refractivity (Wildman–Crippen MR) is 41.3 cm³/mol. The summed E-state index contributed by atoms with van der Waals surface area (Å²) in [6.45, 7) is 0. The van der Waals surface area contributed by atoms with Gasteiger partial charge in [0.25, 0.3) is 0 Å². The van der Waals surface area contributed by atoms with Gasteiger partial charge >= 0.3 is 0 Å². The van der Waals surface area contributed by atoms with E-state index in [4.69, 9.17) is 10.2 Å². The zero-order valence-electron chi connectivity index (χ0n) is 5.50. The first-order valence-corrected chi connectivity index (χ1v) is 3.82. The Morgan fingerprint density at radius 3 is 2.73 bits per heavy atom. The molecule has 0 saturated heterocycles. The minimum absolute atomic E-state index is 0.00648. The summed E-state index contributed by atoms with van der Waals surface area (Å²) in [5, 5.41) is 8.83. The molecule has 1 aromatic carbocycles. The van der Waals surface area contributed by atoms with Crippen LogP contribution in [0, 0.1) is 17.1 Å². The minimum atomic E-state index is -0.577. The first-order valence-electron chi connectivity index (χ1n) is 2.87. The highest BCUT2D eigenvalue weighted by atomic mass is 31.1. The molecular formula is C7H5FNOP. The molecule has 1 aromatic rings. The average molecular weight is 169 g/mol. The molecule has 1 N–H and O–H groups in total. The summed E-state index contributed by atoms with van der Waals surface area (Å²) >= 11 is 0. The maximum absolute atomic E-state index is 12.7. The zero-order valence-corrected chi connectivity index (χ0v) is 6.50. The van der Waals surface area contributed by atoms with Gasteiger partial charge in [-0.05, 0) is 12.1 Å². The molecule has 0 heterocycles. The second-order valence-corrected chi connectivity index (χ2v) is 2.72. The molecule has 0 amide bonds. The van der Waals surface area contributed by atoms with Crippen LogP contribution in [0.3, 0.4) is 0 Å². The molecule has 11 heavy (non-hydrogen) atoms. The molecule has 0 fully saturated rings. The summed E-state index contributed by atoms with van der Waals surface area (Å²) in [6.07, 6.45) is 0. The molecule has 0 saturated carbocycles. The van der Waals surface area contributed by atoms with Crippen LogP contribution in [0.4, 0.5) is 4.39 Å². The Balaban J connectivity index is 3.12. The highest BCUT2D eigenvalue weighted by Gasteiger charge is 2.00. The fourth-order valence-electron chi connectivity index (χ4n) is 0.675. The van der Waals surface area contributed by atoms with E-state index in [1.54, 1.807) is 6.07 Å². The van der Waals surface area contributed by atoms with Crippen molar-refractivity contribution in [2.24, 2.45) is 0 Å². The second kappa shape index (κ2) is 3.43. The van der Waals surface area contributed by atoms with Crippen LogP contribution in [0.2, 0.25) is 0 Å². The van der Waals surface area contributed by atoms with Crippen molar-refractivity contribution in [2.45, 2.75) is 0 Å². The van der Waals surface area contributed by atoms with E-state index in [-0.39, 0.29) is 5.56 Å². The Morgan fingerprint density at radius 2 is 2.27 bits per heavy atom. The summed E-state index contributed by atoms with van der Waals surface area (Å²) in [5.41, 5.74) is 0.00648. The van der Waals surface area contributed by atoms with Gasteiger partial charge in [-0.15, -0.1) is 0 Å². The molecule has 0 bridgehead atoms. The number of rotatable bonds is 1. The number of halogens is 1. The van der Waals surface area contributed by atoms with E-state index in [1.165, 1.54) is 12.1 Å². The predicted octanol–water partition coefficient (Wildman–Crippen LogP) is 0.908. The van der Waals surface area contributed by atoms with E-state index in [0.717, 1.165) is 6.07 Å². The largest absolute Gasteiger partial charge is 0.372 e. The van der Waals surface area contributed by atoms with Crippen LogP contribution >= 0.6 is 8.81 Å². The van der Waals surface area contributed by atoms with Gasteiger partial charge in [-0.1, -0.05) is 6.07 Å². The number of benzene rings is 1. The standard InChI is InChI=1S/C7H5FNOP/c8-7-3-6(11-10)2-1-5(7)4-9/h1-3,10-11H.